The van der Waals surface area contributed by atoms with Crippen LogP contribution in [0.15, 0.2) is 36.5 Å². The first-order valence-corrected chi connectivity index (χ1v) is 13.8. The molecule has 8 nitrogen and oxygen atoms in total. The number of aliphatic carboxylic acids is 1. The zero-order valence-corrected chi connectivity index (χ0v) is 22.4. The van der Waals surface area contributed by atoms with Crippen molar-refractivity contribution in [3.63, 3.8) is 0 Å². The van der Waals surface area contributed by atoms with Crippen molar-refractivity contribution in [1.29, 1.82) is 0 Å². The Hall–Kier alpha value is -3.59. The highest BCUT2D eigenvalue weighted by Gasteiger charge is 2.59. The van der Waals surface area contributed by atoms with Gasteiger partial charge in [0.2, 0.25) is 5.88 Å². The van der Waals surface area contributed by atoms with Crippen LogP contribution in [-0.2, 0) is 17.8 Å². The van der Waals surface area contributed by atoms with Crippen molar-refractivity contribution in [2.75, 3.05) is 31.6 Å². The summed E-state index contributed by atoms with van der Waals surface area (Å²) in [4.78, 5) is 27.5. The van der Waals surface area contributed by atoms with E-state index >= 15 is 0 Å². The summed E-state index contributed by atoms with van der Waals surface area (Å²) in [5, 5.41) is 12.6. The van der Waals surface area contributed by atoms with Gasteiger partial charge in [-0.3, -0.25) is 4.79 Å². The molecule has 9 heteroatoms. The molecule has 0 aromatic carbocycles. The van der Waals surface area contributed by atoms with Gasteiger partial charge in [-0.05, 0) is 93.4 Å². The van der Waals surface area contributed by atoms with E-state index in [-0.39, 0.29) is 30.1 Å². The third-order valence-electron chi connectivity index (χ3n) is 8.55. The fourth-order valence-corrected chi connectivity index (χ4v) is 6.44. The van der Waals surface area contributed by atoms with Gasteiger partial charge in [-0.2, -0.15) is 0 Å². The third-order valence-corrected chi connectivity index (χ3v) is 8.55. The number of aromatic nitrogens is 3. The normalized spacial score (nSPS) is 23.6. The molecule has 0 spiro atoms. The van der Waals surface area contributed by atoms with Crippen LogP contribution in [0, 0.1) is 30.5 Å². The monoisotopic (exact) mass is 531 g/mol. The van der Waals surface area contributed by atoms with Gasteiger partial charge in [-0.15, -0.1) is 0 Å². The van der Waals surface area contributed by atoms with Gasteiger partial charge in [0.25, 0.3) is 0 Å². The number of hydrogen-bond donors (Lipinski definition) is 2. The molecular weight excluding hydrogens is 497 g/mol. The minimum Gasteiger partial charge on any atom is -0.481 e. The second-order valence-electron chi connectivity index (χ2n) is 11.0. The molecule has 1 saturated carbocycles. The smallest absolute Gasteiger partial charge is 0.307 e. The van der Waals surface area contributed by atoms with E-state index in [1.54, 1.807) is 12.3 Å². The van der Waals surface area contributed by atoms with E-state index in [4.69, 9.17) is 9.72 Å². The van der Waals surface area contributed by atoms with Crippen LogP contribution >= 0.6 is 0 Å². The Morgan fingerprint density at radius 3 is 2.87 bits per heavy atom. The SMILES string of the molecule is CNCC1CCCN(c2ccc(-c3ccc(F)c(COc4cc5c(cn4)C4C(C5)C4C(=O)O)n3)c(C)n2)CC1. The summed E-state index contributed by atoms with van der Waals surface area (Å²) >= 11 is 0. The summed E-state index contributed by atoms with van der Waals surface area (Å²) in [6, 6.07) is 9.00. The van der Waals surface area contributed by atoms with Gasteiger partial charge in [0.05, 0.1) is 11.6 Å². The standard InChI is InChI=1S/C30H34FN5O3/c1-17-20(5-8-26(34-17)36-10-3-4-18(9-11-36)14-32-2)24-7-6-23(31)25(35-24)16-39-27-13-19-12-21-28(22(19)15-33-27)29(21)30(37)38/h5-8,13,15,18,21,28-29,32H,3-4,9-12,14,16H2,1-2H3,(H,37,38). The predicted octanol–water partition coefficient (Wildman–Crippen LogP) is 4.36. The average molecular weight is 532 g/mol. The molecule has 0 radical (unpaired) electrons. The van der Waals surface area contributed by atoms with Crippen molar-refractivity contribution in [3.05, 3.63) is 64.9 Å². The van der Waals surface area contributed by atoms with Crippen molar-refractivity contribution >= 4 is 11.8 Å². The lowest BCUT2D eigenvalue weighted by molar-refractivity contribution is -0.139. The summed E-state index contributed by atoms with van der Waals surface area (Å²) in [5.41, 5.74) is 4.64. The second-order valence-corrected chi connectivity index (χ2v) is 11.0. The third kappa shape index (κ3) is 5.07. The molecule has 3 aromatic heterocycles. The molecule has 4 atom stereocenters. The van der Waals surface area contributed by atoms with Crippen LogP contribution in [0.1, 0.15) is 47.7 Å². The minimum absolute atomic E-state index is 0.0534. The number of carbonyl (C=O) groups is 1. The molecule has 0 amide bonds. The van der Waals surface area contributed by atoms with E-state index in [0.29, 0.717) is 23.9 Å². The van der Waals surface area contributed by atoms with Crippen LogP contribution in [0.4, 0.5) is 10.2 Å². The van der Waals surface area contributed by atoms with Crippen LogP contribution in [0.25, 0.3) is 11.3 Å². The predicted molar refractivity (Wildman–Crippen MR) is 145 cm³/mol. The number of rotatable bonds is 8. The Kier molecular flexibility index (Phi) is 6.93. The number of fused-ring (bicyclic) bond motifs is 3. The van der Waals surface area contributed by atoms with Gasteiger partial charge in [-0.25, -0.2) is 19.3 Å². The van der Waals surface area contributed by atoms with Crippen LogP contribution in [0.2, 0.25) is 0 Å². The number of halogens is 1. The molecule has 2 N–H and O–H groups in total. The maximum atomic E-state index is 14.7. The zero-order valence-electron chi connectivity index (χ0n) is 22.4. The van der Waals surface area contributed by atoms with E-state index < -0.39 is 11.8 Å². The number of anilines is 1. The highest BCUT2D eigenvalue weighted by atomic mass is 19.1. The first kappa shape index (κ1) is 25.7. The minimum atomic E-state index is -0.738. The molecule has 4 heterocycles. The first-order chi connectivity index (χ1) is 18.9. The Morgan fingerprint density at radius 2 is 2.08 bits per heavy atom. The molecule has 204 valence electrons. The van der Waals surface area contributed by atoms with Crippen molar-refractivity contribution in [2.45, 2.75) is 45.1 Å². The molecular formula is C30H34FN5O3. The van der Waals surface area contributed by atoms with Crippen molar-refractivity contribution in [3.8, 4) is 17.1 Å². The maximum Gasteiger partial charge on any atom is 0.307 e. The Morgan fingerprint density at radius 1 is 1.21 bits per heavy atom. The molecule has 1 saturated heterocycles. The van der Waals surface area contributed by atoms with E-state index in [1.165, 1.54) is 12.5 Å². The maximum absolute atomic E-state index is 14.7. The van der Waals surface area contributed by atoms with Gasteiger partial charge in [-0.1, -0.05) is 0 Å². The largest absolute Gasteiger partial charge is 0.481 e. The molecule has 1 aliphatic heterocycles. The lowest BCUT2D eigenvalue weighted by Crippen LogP contribution is -2.26. The Labute approximate surface area is 227 Å². The Balaban J connectivity index is 1.13. The van der Waals surface area contributed by atoms with Crippen LogP contribution < -0.4 is 15.0 Å². The number of nitrogens with zero attached hydrogens (tertiary/aromatic N) is 4. The number of hydrogen-bond acceptors (Lipinski definition) is 7. The Bertz CT molecular complexity index is 1400. The molecule has 39 heavy (non-hydrogen) atoms. The molecule has 6 rings (SSSR count). The quantitative estimate of drug-likeness (QED) is 0.442. The number of ether oxygens (including phenoxy) is 1. The molecule has 0 bridgehead atoms. The van der Waals surface area contributed by atoms with E-state index in [2.05, 4.69) is 20.2 Å². The number of carboxylic acids is 1. The van der Waals surface area contributed by atoms with Gasteiger partial charge in [0.1, 0.15) is 23.9 Å². The van der Waals surface area contributed by atoms with Crippen LogP contribution in [0.3, 0.4) is 0 Å². The van der Waals surface area contributed by atoms with Gasteiger partial charge < -0.3 is 20.1 Å². The molecule has 2 fully saturated rings. The topological polar surface area (TPSA) is 100 Å². The molecule has 4 unspecified atom stereocenters. The van der Waals surface area contributed by atoms with Crippen LogP contribution in [0.5, 0.6) is 5.88 Å². The van der Waals surface area contributed by atoms with E-state index in [0.717, 1.165) is 60.7 Å². The van der Waals surface area contributed by atoms with Gasteiger partial charge in [0.15, 0.2) is 0 Å². The fourth-order valence-electron chi connectivity index (χ4n) is 6.44. The van der Waals surface area contributed by atoms with Crippen molar-refractivity contribution in [2.24, 2.45) is 17.8 Å². The number of nitrogens with one attached hydrogen (secondary N) is 1. The molecule has 2 aliphatic carbocycles. The highest BCUT2D eigenvalue weighted by Crippen LogP contribution is 2.61. The molecule has 3 aromatic rings. The van der Waals surface area contributed by atoms with E-state index in [9.17, 15) is 14.3 Å². The van der Waals surface area contributed by atoms with Crippen molar-refractivity contribution < 1.29 is 19.0 Å². The van der Waals surface area contributed by atoms with E-state index in [1.807, 2.05) is 32.2 Å². The number of pyridine rings is 3. The summed E-state index contributed by atoms with van der Waals surface area (Å²) in [6.07, 6.45) is 5.95. The lowest BCUT2D eigenvalue weighted by Gasteiger charge is -2.22. The lowest BCUT2D eigenvalue weighted by atomic mass is 10.0. The summed E-state index contributed by atoms with van der Waals surface area (Å²) in [6.45, 7) is 4.96. The van der Waals surface area contributed by atoms with Gasteiger partial charge >= 0.3 is 5.97 Å². The zero-order chi connectivity index (χ0) is 27.1. The average Bonchev–Trinajstić information content (AvgIpc) is 3.59. The fraction of sp³-hybridized carbons (Fsp3) is 0.467. The first-order valence-electron chi connectivity index (χ1n) is 13.8. The molecule has 3 aliphatic rings. The number of carboxylic acid groups (broad SMARTS) is 1. The van der Waals surface area contributed by atoms with Crippen molar-refractivity contribution in [1.82, 2.24) is 20.3 Å². The summed E-state index contributed by atoms with van der Waals surface area (Å²) in [5.74, 6) is 0.819. The van der Waals surface area contributed by atoms with Crippen LogP contribution in [-0.4, -0.2) is 52.7 Å². The number of aryl methyl sites for hydroxylation is 1. The van der Waals surface area contributed by atoms with Gasteiger partial charge in [0, 0.05) is 42.5 Å². The summed E-state index contributed by atoms with van der Waals surface area (Å²) in [7, 11) is 2.01. The highest BCUT2D eigenvalue weighted by molar-refractivity contribution is 5.77. The second kappa shape index (κ2) is 10.5. The summed E-state index contributed by atoms with van der Waals surface area (Å²) < 4.78 is 20.5.